The second-order valence-electron chi connectivity index (χ2n) is 12.4. The zero-order chi connectivity index (χ0) is 30.9. The lowest BCUT2D eigenvalue weighted by atomic mass is 9.94. The molecule has 0 saturated carbocycles. The average molecular weight is 616 g/mol. The molecule has 12 heteroatoms. The first-order valence-electron chi connectivity index (χ1n) is 15.4. The number of alkyl halides is 1. The fraction of sp³-hybridized carbons (Fsp3) is 0.394. The number of ether oxygens (including phenoxy) is 1. The minimum atomic E-state index is -0.913. The Bertz CT molecular complexity index is 1930. The third-order valence-electron chi connectivity index (χ3n) is 9.74. The fourth-order valence-corrected chi connectivity index (χ4v) is 7.50. The number of benzene rings is 2. The number of rotatable bonds is 7. The van der Waals surface area contributed by atoms with E-state index >= 15 is 4.39 Å². The maximum atomic E-state index is 16.7. The highest BCUT2D eigenvalue weighted by Crippen LogP contribution is 2.42. The second kappa shape index (κ2) is 10.6. The summed E-state index contributed by atoms with van der Waals surface area (Å²) in [6.45, 7) is 4.46. The van der Waals surface area contributed by atoms with Gasteiger partial charge in [0.1, 0.15) is 41.4 Å². The van der Waals surface area contributed by atoms with Crippen molar-refractivity contribution in [1.82, 2.24) is 29.4 Å². The van der Waals surface area contributed by atoms with Gasteiger partial charge in [-0.15, -0.1) is 0 Å². The van der Waals surface area contributed by atoms with Crippen LogP contribution in [0.2, 0.25) is 0 Å². The summed E-state index contributed by atoms with van der Waals surface area (Å²) >= 11 is 0. The molecule has 3 aromatic heterocycles. The number of phenolic OH excluding ortho intramolecular Hbond substituents is 1. The van der Waals surface area contributed by atoms with Crippen LogP contribution in [0.5, 0.6) is 11.8 Å². The van der Waals surface area contributed by atoms with Crippen molar-refractivity contribution in [3.63, 3.8) is 0 Å². The van der Waals surface area contributed by atoms with Gasteiger partial charge in [0.05, 0.1) is 23.3 Å². The lowest BCUT2D eigenvalue weighted by molar-refractivity contribution is 0.107. The van der Waals surface area contributed by atoms with E-state index in [1.807, 2.05) is 22.6 Å². The van der Waals surface area contributed by atoms with E-state index in [9.17, 15) is 13.9 Å². The molecule has 45 heavy (non-hydrogen) atoms. The Morgan fingerprint density at radius 3 is 2.80 bits per heavy atom. The van der Waals surface area contributed by atoms with Crippen molar-refractivity contribution in [2.45, 2.75) is 50.4 Å². The summed E-state index contributed by atoms with van der Waals surface area (Å²) in [4.78, 5) is 22.1. The quantitative estimate of drug-likeness (QED) is 0.253. The summed E-state index contributed by atoms with van der Waals surface area (Å²) in [5, 5.41) is 12.0. The van der Waals surface area contributed by atoms with Crippen LogP contribution in [0.1, 0.15) is 37.8 Å². The molecular weight excluding hydrogens is 583 g/mol. The number of hydrogen-bond acceptors (Lipinski definition) is 8. The molecule has 2 aromatic carbocycles. The van der Waals surface area contributed by atoms with Gasteiger partial charge in [0, 0.05) is 50.2 Å². The standard InChI is InChI=1S/C33H32F3N7O2/c1-2-23-26(35)5-4-19-10-22(44)11-24(27(19)23)29-28(36)30-25(13-38-29)31(42-15-21(16-42)41-9-7-37-18-41)40-32(39-30)45-17-33-6-3-8-43(33)14-20(34)12-33/h4-5,7,9-11,13,18,20-21,44H,2-3,6,8,12,14-17H2,1H3/t20?,33-/m0/s1. The normalized spacial score (nSPS) is 22.0. The minimum absolute atomic E-state index is 0.00391. The lowest BCUT2D eigenvalue weighted by Gasteiger charge is -2.41. The molecule has 0 aliphatic carbocycles. The number of aromatic hydroxyl groups is 1. The Hall–Kier alpha value is -4.45. The van der Waals surface area contributed by atoms with Crippen molar-refractivity contribution in [2.24, 2.45) is 0 Å². The first kappa shape index (κ1) is 28.1. The van der Waals surface area contributed by atoms with E-state index in [1.165, 1.54) is 24.4 Å². The van der Waals surface area contributed by atoms with Crippen LogP contribution in [0.3, 0.4) is 0 Å². The number of imidazole rings is 1. The van der Waals surface area contributed by atoms with E-state index in [1.54, 1.807) is 18.6 Å². The van der Waals surface area contributed by atoms with Gasteiger partial charge in [-0.1, -0.05) is 13.0 Å². The zero-order valence-electron chi connectivity index (χ0n) is 24.8. The molecule has 9 nitrogen and oxygen atoms in total. The summed E-state index contributed by atoms with van der Waals surface area (Å²) in [7, 11) is 0. The number of anilines is 1. The molecule has 3 saturated heterocycles. The molecular formula is C33H32F3N7O2. The molecule has 0 radical (unpaired) electrons. The van der Waals surface area contributed by atoms with E-state index in [0.29, 0.717) is 60.0 Å². The maximum absolute atomic E-state index is 16.7. The Labute approximate surface area is 257 Å². The van der Waals surface area contributed by atoms with Gasteiger partial charge in [0.15, 0.2) is 5.82 Å². The van der Waals surface area contributed by atoms with Crippen molar-refractivity contribution in [3.05, 3.63) is 66.4 Å². The lowest BCUT2D eigenvalue weighted by Crippen LogP contribution is -2.48. The molecule has 232 valence electrons. The second-order valence-corrected chi connectivity index (χ2v) is 12.4. The van der Waals surface area contributed by atoms with Crippen LogP contribution in [-0.4, -0.2) is 79.0 Å². The van der Waals surface area contributed by atoms with Crippen LogP contribution >= 0.6 is 0 Å². The monoisotopic (exact) mass is 615 g/mol. The Morgan fingerprint density at radius 1 is 1.13 bits per heavy atom. The molecule has 0 bridgehead atoms. The number of nitrogens with zero attached hydrogens (tertiary/aromatic N) is 7. The fourth-order valence-electron chi connectivity index (χ4n) is 7.50. The number of pyridine rings is 1. The van der Waals surface area contributed by atoms with Crippen LogP contribution in [0.25, 0.3) is 32.9 Å². The predicted octanol–water partition coefficient (Wildman–Crippen LogP) is 5.60. The summed E-state index contributed by atoms with van der Waals surface area (Å²) in [6.07, 6.45) is 8.54. The van der Waals surface area contributed by atoms with E-state index in [2.05, 4.69) is 19.9 Å². The molecule has 0 amide bonds. The van der Waals surface area contributed by atoms with Crippen LogP contribution in [0, 0.1) is 11.6 Å². The molecule has 8 rings (SSSR count). The molecule has 0 spiro atoms. The van der Waals surface area contributed by atoms with Crippen LogP contribution < -0.4 is 9.64 Å². The molecule has 3 fully saturated rings. The first-order chi connectivity index (χ1) is 21.8. The van der Waals surface area contributed by atoms with Gasteiger partial charge in [0.25, 0.3) is 0 Å². The van der Waals surface area contributed by atoms with Crippen molar-refractivity contribution in [2.75, 3.05) is 37.7 Å². The third-order valence-corrected chi connectivity index (χ3v) is 9.74. The Morgan fingerprint density at radius 2 is 2.00 bits per heavy atom. The van der Waals surface area contributed by atoms with E-state index < -0.39 is 23.3 Å². The summed E-state index contributed by atoms with van der Waals surface area (Å²) in [5.41, 5.74) is 0.200. The van der Waals surface area contributed by atoms with Gasteiger partial charge in [0.2, 0.25) is 0 Å². The van der Waals surface area contributed by atoms with Gasteiger partial charge >= 0.3 is 6.01 Å². The minimum Gasteiger partial charge on any atom is -0.508 e. The van der Waals surface area contributed by atoms with Gasteiger partial charge < -0.3 is 19.3 Å². The van der Waals surface area contributed by atoms with Crippen LogP contribution in [0.15, 0.2) is 49.2 Å². The smallest absolute Gasteiger partial charge is 0.319 e. The van der Waals surface area contributed by atoms with Crippen LogP contribution in [0.4, 0.5) is 19.0 Å². The number of aromatic nitrogens is 5. The maximum Gasteiger partial charge on any atom is 0.319 e. The number of phenols is 1. The van der Waals surface area contributed by atoms with Crippen molar-refractivity contribution in [1.29, 1.82) is 0 Å². The topological polar surface area (TPSA) is 92.4 Å². The molecule has 2 atom stereocenters. The van der Waals surface area contributed by atoms with Gasteiger partial charge in [-0.05, 0) is 60.3 Å². The largest absolute Gasteiger partial charge is 0.508 e. The van der Waals surface area contributed by atoms with E-state index in [-0.39, 0.29) is 41.2 Å². The predicted molar refractivity (Wildman–Crippen MR) is 163 cm³/mol. The van der Waals surface area contributed by atoms with Gasteiger partial charge in [-0.25, -0.2) is 18.2 Å². The summed E-state index contributed by atoms with van der Waals surface area (Å²) < 4.78 is 54.3. The molecule has 5 aromatic rings. The number of fused-ring (bicyclic) bond motifs is 3. The Balaban J connectivity index is 1.24. The molecule has 1 unspecified atom stereocenters. The van der Waals surface area contributed by atoms with Crippen molar-refractivity contribution >= 4 is 27.5 Å². The SMILES string of the molecule is CCc1c(F)ccc2cc(O)cc(-c3ncc4c(N5CC(n6ccnc6)C5)nc(OC[C@@]56CCCN5CC(F)C6)nc4c3F)c12. The molecule has 1 N–H and O–H groups in total. The first-order valence-corrected chi connectivity index (χ1v) is 15.4. The highest BCUT2D eigenvalue weighted by Gasteiger charge is 2.49. The molecule has 3 aliphatic heterocycles. The highest BCUT2D eigenvalue weighted by molar-refractivity contribution is 6.01. The van der Waals surface area contributed by atoms with Crippen molar-refractivity contribution in [3.8, 4) is 23.0 Å². The molecule has 6 heterocycles. The number of aryl methyl sites for hydroxylation is 1. The van der Waals surface area contributed by atoms with Crippen LogP contribution in [-0.2, 0) is 6.42 Å². The van der Waals surface area contributed by atoms with E-state index in [4.69, 9.17) is 9.72 Å². The zero-order valence-corrected chi connectivity index (χ0v) is 24.8. The van der Waals surface area contributed by atoms with Gasteiger partial charge in [-0.2, -0.15) is 9.97 Å². The highest BCUT2D eigenvalue weighted by atomic mass is 19.1. The molecule has 3 aliphatic rings. The third kappa shape index (κ3) is 4.56. The van der Waals surface area contributed by atoms with Gasteiger partial charge in [-0.3, -0.25) is 9.88 Å². The average Bonchev–Trinajstić information content (AvgIpc) is 3.73. The van der Waals surface area contributed by atoms with E-state index in [0.717, 1.165) is 19.4 Å². The van der Waals surface area contributed by atoms with Crippen molar-refractivity contribution < 1.29 is 23.0 Å². The number of halogens is 3. The summed E-state index contributed by atoms with van der Waals surface area (Å²) in [6, 6.07) is 6.03. The number of hydrogen-bond donors (Lipinski definition) is 1. The Kier molecular flexibility index (Phi) is 6.59. The summed E-state index contributed by atoms with van der Waals surface area (Å²) in [5.74, 6) is -0.738.